The Morgan fingerprint density at radius 3 is 3.13 bits per heavy atom. The van der Waals surface area contributed by atoms with Gasteiger partial charge in [0.2, 0.25) is 0 Å². The second-order valence-electron chi connectivity index (χ2n) is 4.12. The molecule has 0 bridgehead atoms. The molecule has 2 nitrogen and oxygen atoms in total. The van der Waals surface area contributed by atoms with E-state index in [0.717, 1.165) is 31.6 Å². The molecule has 0 aromatic rings. The third-order valence-corrected chi connectivity index (χ3v) is 3.29. The van der Waals surface area contributed by atoms with E-state index in [4.69, 9.17) is 10.5 Å². The van der Waals surface area contributed by atoms with Crippen LogP contribution in [-0.4, -0.2) is 13.2 Å². The number of fused-ring (bicyclic) bond motifs is 2. The van der Waals surface area contributed by atoms with Gasteiger partial charge in [-0.05, 0) is 35.6 Å². The van der Waals surface area contributed by atoms with E-state index < -0.39 is 0 Å². The van der Waals surface area contributed by atoms with E-state index in [2.05, 4.69) is 18.2 Å². The topological polar surface area (TPSA) is 35.2 Å². The number of hydrogen-bond acceptors (Lipinski definition) is 2. The molecule has 0 saturated carbocycles. The minimum atomic E-state index is 0.632. The van der Waals surface area contributed by atoms with Crippen LogP contribution in [0.15, 0.2) is 46.3 Å². The molecule has 1 heterocycles. The minimum Gasteiger partial charge on any atom is -0.493 e. The van der Waals surface area contributed by atoms with Crippen LogP contribution in [-0.2, 0) is 4.74 Å². The first-order chi connectivity index (χ1) is 7.40. The molecule has 2 heteroatoms. The summed E-state index contributed by atoms with van der Waals surface area (Å²) in [5.41, 5.74) is 11.3. The van der Waals surface area contributed by atoms with E-state index in [1.807, 2.05) is 0 Å². The molecule has 0 atom stereocenters. The molecule has 0 aromatic carbocycles. The van der Waals surface area contributed by atoms with Gasteiger partial charge in [-0.25, -0.2) is 0 Å². The van der Waals surface area contributed by atoms with Gasteiger partial charge in [0.1, 0.15) is 5.76 Å². The van der Waals surface area contributed by atoms with Crippen molar-refractivity contribution in [2.24, 2.45) is 5.73 Å². The quantitative estimate of drug-likeness (QED) is 0.706. The van der Waals surface area contributed by atoms with Gasteiger partial charge in [-0.1, -0.05) is 12.2 Å². The van der Waals surface area contributed by atoms with Crippen molar-refractivity contribution in [1.82, 2.24) is 0 Å². The molecule has 15 heavy (non-hydrogen) atoms. The van der Waals surface area contributed by atoms with Crippen molar-refractivity contribution in [3.05, 3.63) is 46.3 Å². The number of hydrogen-bond donors (Lipinski definition) is 1. The highest BCUT2D eigenvalue weighted by Gasteiger charge is 2.29. The predicted octanol–water partition coefficient (Wildman–Crippen LogP) is 2.21. The fourth-order valence-electron chi connectivity index (χ4n) is 2.65. The van der Waals surface area contributed by atoms with Gasteiger partial charge in [-0.2, -0.15) is 0 Å². The molecule has 0 unspecified atom stereocenters. The molecule has 2 N–H and O–H groups in total. The Morgan fingerprint density at radius 1 is 1.33 bits per heavy atom. The second-order valence-corrected chi connectivity index (χ2v) is 4.12. The van der Waals surface area contributed by atoms with Crippen molar-refractivity contribution < 1.29 is 4.74 Å². The van der Waals surface area contributed by atoms with Crippen LogP contribution in [0.2, 0.25) is 0 Å². The molecule has 1 saturated heterocycles. The van der Waals surface area contributed by atoms with Crippen LogP contribution in [0.3, 0.4) is 0 Å². The molecule has 0 amide bonds. The van der Waals surface area contributed by atoms with Gasteiger partial charge in [-0.3, -0.25) is 0 Å². The Morgan fingerprint density at radius 2 is 2.27 bits per heavy atom. The first-order valence-corrected chi connectivity index (χ1v) is 5.55. The van der Waals surface area contributed by atoms with E-state index >= 15 is 0 Å². The first-order valence-electron chi connectivity index (χ1n) is 5.55. The molecule has 0 radical (unpaired) electrons. The molecule has 78 valence electrons. The van der Waals surface area contributed by atoms with Gasteiger partial charge < -0.3 is 10.5 Å². The summed E-state index contributed by atoms with van der Waals surface area (Å²) in [6, 6.07) is 0. The lowest BCUT2D eigenvalue weighted by Crippen LogP contribution is -2.01. The molecule has 3 rings (SSSR count). The van der Waals surface area contributed by atoms with Crippen LogP contribution in [0, 0.1) is 0 Å². The van der Waals surface area contributed by atoms with Gasteiger partial charge in [0.05, 0.1) is 6.61 Å². The van der Waals surface area contributed by atoms with Crippen molar-refractivity contribution in [1.29, 1.82) is 0 Å². The van der Waals surface area contributed by atoms with Crippen molar-refractivity contribution in [2.45, 2.75) is 19.3 Å². The predicted molar refractivity (Wildman–Crippen MR) is 60.1 cm³/mol. The largest absolute Gasteiger partial charge is 0.493 e. The molecule has 1 aliphatic heterocycles. The number of nitrogens with two attached hydrogens (primary N) is 1. The standard InChI is InChI=1S/C13H15NO/c14-7-5-10-2-1-9-3-4-12-11(13(9)10)6-8-15-12/h1,4-5H,2-3,6-8,14H2. The lowest BCUT2D eigenvalue weighted by atomic mass is 9.90. The third kappa shape index (κ3) is 1.29. The van der Waals surface area contributed by atoms with Gasteiger partial charge in [-0.15, -0.1) is 0 Å². The highest BCUT2D eigenvalue weighted by Crippen LogP contribution is 2.44. The summed E-state index contributed by atoms with van der Waals surface area (Å²) in [4.78, 5) is 0. The lowest BCUT2D eigenvalue weighted by molar-refractivity contribution is 0.264. The van der Waals surface area contributed by atoms with Crippen LogP contribution >= 0.6 is 0 Å². The number of allylic oxidation sites excluding steroid dienone is 6. The third-order valence-electron chi connectivity index (χ3n) is 3.29. The molecule has 0 spiro atoms. The maximum absolute atomic E-state index is 5.61. The van der Waals surface area contributed by atoms with Gasteiger partial charge in [0.25, 0.3) is 0 Å². The summed E-state index contributed by atoms with van der Waals surface area (Å²) in [6.45, 7) is 1.47. The van der Waals surface area contributed by atoms with Gasteiger partial charge in [0.15, 0.2) is 0 Å². The zero-order chi connectivity index (χ0) is 10.3. The van der Waals surface area contributed by atoms with Crippen LogP contribution < -0.4 is 5.73 Å². The summed E-state index contributed by atoms with van der Waals surface area (Å²) in [5.74, 6) is 1.12. The van der Waals surface area contributed by atoms with Crippen LogP contribution in [0.4, 0.5) is 0 Å². The van der Waals surface area contributed by atoms with E-state index in [1.54, 1.807) is 0 Å². The Kier molecular flexibility index (Phi) is 2.03. The molecule has 0 aromatic heterocycles. The Hall–Kier alpha value is -1.28. The SMILES string of the molecule is NCC=C1CC=C2CC=C3OCCC3=C12. The maximum atomic E-state index is 5.61. The Labute approximate surface area is 89.8 Å². The van der Waals surface area contributed by atoms with E-state index in [1.165, 1.54) is 22.3 Å². The molecule has 2 aliphatic carbocycles. The molecular formula is C13H15NO. The lowest BCUT2D eigenvalue weighted by Gasteiger charge is -2.15. The summed E-state index contributed by atoms with van der Waals surface area (Å²) in [7, 11) is 0. The molecule has 3 aliphatic rings. The smallest absolute Gasteiger partial charge is 0.119 e. The molecular weight excluding hydrogens is 186 g/mol. The fraction of sp³-hybridized carbons (Fsp3) is 0.385. The van der Waals surface area contributed by atoms with Crippen LogP contribution in [0.25, 0.3) is 0 Å². The zero-order valence-electron chi connectivity index (χ0n) is 8.75. The van der Waals surface area contributed by atoms with Crippen LogP contribution in [0.1, 0.15) is 19.3 Å². The summed E-state index contributed by atoms with van der Waals surface area (Å²) in [6.07, 6.45) is 9.81. The average Bonchev–Trinajstić information content (AvgIpc) is 2.83. The van der Waals surface area contributed by atoms with Crippen LogP contribution in [0.5, 0.6) is 0 Å². The number of ether oxygens (including phenoxy) is 1. The highest BCUT2D eigenvalue weighted by molar-refractivity contribution is 5.62. The van der Waals surface area contributed by atoms with Crippen molar-refractivity contribution in [3.63, 3.8) is 0 Å². The first kappa shape index (κ1) is 8.98. The molecule has 1 fully saturated rings. The number of rotatable bonds is 1. The fourth-order valence-corrected chi connectivity index (χ4v) is 2.65. The average molecular weight is 201 g/mol. The van der Waals surface area contributed by atoms with Crippen molar-refractivity contribution >= 4 is 0 Å². The maximum Gasteiger partial charge on any atom is 0.119 e. The monoisotopic (exact) mass is 201 g/mol. The minimum absolute atomic E-state index is 0.632. The van der Waals surface area contributed by atoms with E-state index in [0.29, 0.717) is 6.54 Å². The summed E-state index contributed by atoms with van der Waals surface area (Å²) >= 11 is 0. The van der Waals surface area contributed by atoms with E-state index in [-0.39, 0.29) is 0 Å². The highest BCUT2D eigenvalue weighted by atomic mass is 16.5. The van der Waals surface area contributed by atoms with Gasteiger partial charge >= 0.3 is 0 Å². The van der Waals surface area contributed by atoms with Crippen molar-refractivity contribution in [3.8, 4) is 0 Å². The Balaban J connectivity index is 2.11. The second kappa shape index (κ2) is 3.38. The van der Waals surface area contributed by atoms with Crippen molar-refractivity contribution in [2.75, 3.05) is 13.2 Å². The van der Waals surface area contributed by atoms with Gasteiger partial charge in [0, 0.05) is 18.5 Å². The zero-order valence-corrected chi connectivity index (χ0v) is 8.75. The summed E-state index contributed by atoms with van der Waals surface area (Å²) in [5, 5.41) is 0. The normalized spacial score (nSPS) is 26.1. The summed E-state index contributed by atoms with van der Waals surface area (Å²) < 4.78 is 5.61. The Bertz CT molecular complexity index is 424. The van der Waals surface area contributed by atoms with E-state index in [9.17, 15) is 0 Å².